The van der Waals surface area contributed by atoms with Crippen LogP contribution in [0.3, 0.4) is 0 Å². The first kappa shape index (κ1) is 21.7. The maximum Gasteiger partial charge on any atom is 0.137 e. The average Bonchev–Trinajstić information content (AvgIpc) is 3.49. The van der Waals surface area contributed by atoms with E-state index in [2.05, 4.69) is 26.2 Å². The highest BCUT2D eigenvalue weighted by molar-refractivity contribution is 6.30. The second-order valence-corrected chi connectivity index (χ2v) is 8.24. The molecular weight excluding hydrogens is 426 g/mol. The number of aromatic nitrogens is 6. The van der Waals surface area contributed by atoms with Crippen LogP contribution in [0.25, 0.3) is 0 Å². The van der Waals surface area contributed by atoms with Gasteiger partial charge in [0.2, 0.25) is 0 Å². The number of nitriles is 1. The molecule has 8 nitrogen and oxygen atoms in total. The fourth-order valence-corrected chi connectivity index (χ4v) is 3.74. The molecule has 0 radical (unpaired) electrons. The topological polar surface area (TPSA) is 94.4 Å². The summed E-state index contributed by atoms with van der Waals surface area (Å²) in [5.74, 6) is 0. The molecule has 32 heavy (non-hydrogen) atoms. The van der Waals surface area contributed by atoms with Crippen molar-refractivity contribution in [3.05, 3.63) is 95.6 Å². The van der Waals surface area contributed by atoms with Gasteiger partial charge < -0.3 is 4.74 Å². The molecule has 0 bridgehead atoms. The molecule has 162 valence electrons. The molecule has 2 heterocycles. The van der Waals surface area contributed by atoms with Crippen LogP contribution in [-0.4, -0.2) is 35.1 Å². The van der Waals surface area contributed by atoms with Crippen LogP contribution in [0.2, 0.25) is 5.02 Å². The van der Waals surface area contributed by atoms with Gasteiger partial charge >= 0.3 is 0 Å². The van der Waals surface area contributed by atoms with Gasteiger partial charge in [0.15, 0.2) is 0 Å². The normalized spacial score (nSPS) is 12.4. The Morgan fingerprint density at radius 3 is 2.06 bits per heavy atom. The zero-order valence-corrected chi connectivity index (χ0v) is 18.3. The van der Waals surface area contributed by atoms with Crippen molar-refractivity contribution in [3.63, 3.8) is 0 Å². The van der Waals surface area contributed by atoms with Crippen LogP contribution in [-0.2, 0) is 24.2 Å². The molecule has 0 saturated carbocycles. The summed E-state index contributed by atoms with van der Waals surface area (Å²) in [7, 11) is 0. The monoisotopic (exact) mass is 447 g/mol. The predicted octanol–water partition coefficient (Wildman–Crippen LogP) is 3.85. The van der Waals surface area contributed by atoms with Crippen LogP contribution < -0.4 is 0 Å². The summed E-state index contributed by atoms with van der Waals surface area (Å²) in [6.45, 7) is 2.97. The Balaban J connectivity index is 1.66. The van der Waals surface area contributed by atoms with Crippen LogP contribution in [0.4, 0.5) is 0 Å². The SMILES string of the molecule is CC(Cn1cncn1)(Cn1cncn1)OC(Cc1ccc(Cl)cc1)c1ccc(C#N)cc1. The van der Waals surface area contributed by atoms with Crippen molar-refractivity contribution in [2.24, 2.45) is 0 Å². The number of halogens is 1. The molecule has 2 aromatic heterocycles. The van der Waals surface area contributed by atoms with Crippen LogP contribution in [0.15, 0.2) is 73.8 Å². The molecule has 0 N–H and O–H groups in total. The standard InChI is InChI=1S/C23H22ClN7O/c1-23(12-30-16-26-14-28-30,13-31-17-27-15-29-31)32-22(10-18-4-8-21(24)9-5-18)20-6-2-19(11-25)3-7-20/h2-9,14-17,22H,10,12-13H2,1H3. The van der Waals surface area contributed by atoms with Gasteiger partial charge in [-0.2, -0.15) is 15.5 Å². The molecule has 2 aromatic carbocycles. The summed E-state index contributed by atoms with van der Waals surface area (Å²) in [5.41, 5.74) is 1.99. The van der Waals surface area contributed by atoms with Gasteiger partial charge in [-0.25, -0.2) is 9.97 Å². The predicted molar refractivity (Wildman–Crippen MR) is 119 cm³/mol. The van der Waals surface area contributed by atoms with Crippen LogP contribution in [0, 0.1) is 11.3 Å². The minimum atomic E-state index is -0.674. The lowest BCUT2D eigenvalue weighted by Crippen LogP contribution is -2.40. The molecule has 0 aliphatic heterocycles. The van der Waals surface area contributed by atoms with Gasteiger partial charge in [-0.1, -0.05) is 35.9 Å². The third-order valence-electron chi connectivity index (χ3n) is 5.10. The van der Waals surface area contributed by atoms with E-state index >= 15 is 0 Å². The van der Waals surface area contributed by atoms with Crippen LogP contribution in [0.1, 0.15) is 29.7 Å². The second-order valence-electron chi connectivity index (χ2n) is 7.81. The molecule has 0 aliphatic carbocycles. The highest BCUT2D eigenvalue weighted by Crippen LogP contribution is 2.30. The lowest BCUT2D eigenvalue weighted by Gasteiger charge is -2.34. The van der Waals surface area contributed by atoms with Crippen LogP contribution in [0.5, 0.6) is 0 Å². The number of hydrogen-bond donors (Lipinski definition) is 0. The minimum Gasteiger partial charge on any atom is -0.363 e. The zero-order valence-electron chi connectivity index (χ0n) is 17.5. The van der Waals surface area contributed by atoms with E-state index in [4.69, 9.17) is 16.3 Å². The second kappa shape index (κ2) is 9.73. The highest BCUT2D eigenvalue weighted by atomic mass is 35.5. The smallest absolute Gasteiger partial charge is 0.137 e. The maximum atomic E-state index is 9.18. The lowest BCUT2D eigenvalue weighted by molar-refractivity contribution is -0.107. The van der Waals surface area contributed by atoms with Gasteiger partial charge in [0.25, 0.3) is 0 Å². The van der Waals surface area contributed by atoms with Gasteiger partial charge in [-0.05, 0) is 42.3 Å². The van der Waals surface area contributed by atoms with Crippen molar-refractivity contribution in [2.75, 3.05) is 0 Å². The van der Waals surface area contributed by atoms with E-state index in [9.17, 15) is 5.26 Å². The van der Waals surface area contributed by atoms with Crippen molar-refractivity contribution in [1.29, 1.82) is 5.26 Å². The number of ether oxygens (including phenoxy) is 1. The van der Waals surface area contributed by atoms with Crippen molar-refractivity contribution >= 4 is 11.6 Å². The van der Waals surface area contributed by atoms with Gasteiger partial charge in [0.1, 0.15) is 30.9 Å². The molecule has 9 heteroatoms. The first-order valence-corrected chi connectivity index (χ1v) is 10.5. The van der Waals surface area contributed by atoms with E-state index < -0.39 is 5.60 Å². The molecule has 0 amide bonds. The van der Waals surface area contributed by atoms with Crippen molar-refractivity contribution in [1.82, 2.24) is 29.5 Å². The molecule has 4 aromatic rings. The van der Waals surface area contributed by atoms with E-state index in [1.54, 1.807) is 34.2 Å². The fourth-order valence-electron chi connectivity index (χ4n) is 3.62. The third-order valence-corrected chi connectivity index (χ3v) is 5.35. The Bertz CT molecular complexity index is 1110. The Labute approximate surface area is 191 Å². The molecule has 1 atom stereocenters. The summed E-state index contributed by atoms with van der Waals surface area (Å²) in [6, 6.07) is 17.4. The third kappa shape index (κ3) is 5.58. The molecule has 0 fully saturated rings. The molecular formula is C23H22ClN7O. The van der Waals surface area contributed by atoms with E-state index in [0.29, 0.717) is 30.1 Å². The van der Waals surface area contributed by atoms with Gasteiger partial charge in [0, 0.05) is 11.4 Å². The zero-order chi connectivity index (χ0) is 22.4. The summed E-state index contributed by atoms with van der Waals surface area (Å²) < 4.78 is 10.3. The average molecular weight is 448 g/mol. The summed E-state index contributed by atoms with van der Waals surface area (Å²) >= 11 is 6.07. The van der Waals surface area contributed by atoms with Gasteiger partial charge in [0.05, 0.1) is 30.8 Å². The van der Waals surface area contributed by atoms with Crippen LogP contribution >= 0.6 is 11.6 Å². The maximum absolute atomic E-state index is 9.18. The van der Waals surface area contributed by atoms with E-state index in [0.717, 1.165) is 11.1 Å². The summed E-state index contributed by atoms with van der Waals surface area (Å²) in [6.07, 6.45) is 6.69. The summed E-state index contributed by atoms with van der Waals surface area (Å²) in [5, 5.41) is 18.4. The minimum absolute atomic E-state index is 0.277. The Morgan fingerprint density at radius 1 is 0.969 bits per heavy atom. The van der Waals surface area contributed by atoms with Crippen molar-refractivity contribution in [2.45, 2.75) is 38.1 Å². The quantitative estimate of drug-likeness (QED) is 0.386. The van der Waals surface area contributed by atoms with Gasteiger partial charge in [-0.3, -0.25) is 9.36 Å². The van der Waals surface area contributed by atoms with Gasteiger partial charge in [-0.15, -0.1) is 0 Å². The lowest BCUT2D eigenvalue weighted by atomic mass is 9.98. The first-order chi connectivity index (χ1) is 15.5. The molecule has 4 rings (SSSR count). The molecule has 0 saturated heterocycles. The molecule has 0 spiro atoms. The number of hydrogen-bond acceptors (Lipinski definition) is 6. The largest absolute Gasteiger partial charge is 0.363 e. The molecule has 0 aliphatic rings. The number of nitrogens with zero attached hydrogens (tertiary/aromatic N) is 7. The number of benzene rings is 2. The summed E-state index contributed by atoms with van der Waals surface area (Å²) in [4.78, 5) is 8.11. The van der Waals surface area contributed by atoms with E-state index in [1.807, 2.05) is 43.3 Å². The van der Waals surface area contributed by atoms with Crippen molar-refractivity contribution < 1.29 is 4.74 Å². The Kier molecular flexibility index (Phi) is 6.59. The van der Waals surface area contributed by atoms with E-state index in [1.165, 1.54) is 12.7 Å². The molecule has 1 unspecified atom stereocenters. The first-order valence-electron chi connectivity index (χ1n) is 10.1. The highest BCUT2D eigenvalue weighted by Gasteiger charge is 2.32. The fraction of sp³-hybridized carbons (Fsp3) is 0.261. The van der Waals surface area contributed by atoms with E-state index in [-0.39, 0.29) is 6.10 Å². The van der Waals surface area contributed by atoms with Crippen molar-refractivity contribution in [3.8, 4) is 6.07 Å². The Morgan fingerprint density at radius 2 is 1.56 bits per heavy atom. The Hall–Kier alpha value is -3.54. The number of rotatable bonds is 9.